The van der Waals surface area contributed by atoms with Crippen molar-refractivity contribution in [3.63, 3.8) is 0 Å². The summed E-state index contributed by atoms with van der Waals surface area (Å²) in [5.41, 5.74) is 4.52. The van der Waals surface area contributed by atoms with Crippen molar-refractivity contribution in [2.45, 2.75) is 38.3 Å². The van der Waals surface area contributed by atoms with Crippen LogP contribution in [0.25, 0.3) is 11.1 Å². The van der Waals surface area contributed by atoms with E-state index < -0.39 is 0 Å². The van der Waals surface area contributed by atoms with Gasteiger partial charge in [0.1, 0.15) is 6.10 Å². The summed E-state index contributed by atoms with van der Waals surface area (Å²) in [5.74, 6) is 0. The number of nitrogens with one attached hydrogen (secondary N) is 1. The molecule has 1 amide bonds. The Bertz CT molecular complexity index is 859. The van der Waals surface area contributed by atoms with Crippen molar-refractivity contribution in [2.24, 2.45) is 5.16 Å². The van der Waals surface area contributed by atoms with Crippen molar-refractivity contribution in [3.05, 3.63) is 60.2 Å². The first-order chi connectivity index (χ1) is 14.7. The van der Waals surface area contributed by atoms with Gasteiger partial charge in [0.25, 0.3) is 0 Å². The summed E-state index contributed by atoms with van der Waals surface area (Å²) in [4.78, 5) is 19.2. The molecule has 0 saturated carbocycles. The molecule has 2 aliphatic heterocycles. The maximum atomic E-state index is 11.8. The SMILES string of the molecule is CCOC(=O)N1CCC(NC[C@H]2CC(c3ccc(-c4ccccc4)cc3)=NO2)CC1. The number of benzene rings is 2. The zero-order chi connectivity index (χ0) is 20.8. The molecule has 2 heterocycles. The van der Waals surface area contributed by atoms with E-state index in [1.165, 1.54) is 11.1 Å². The van der Waals surface area contributed by atoms with Gasteiger partial charge in [0.15, 0.2) is 0 Å². The molecule has 30 heavy (non-hydrogen) atoms. The van der Waals surface area contributed by atoms with E-state index in [-0.39, 0.29) is 12.2 Å². The van der Waals surface area contributed by atoms with Gasteiger partial charge in [-0.2, -0.15) is 0 Å². The molecular formula is C24H29N3O3. The monoisotopic (exact) mass is 407 g/mol. The topological polar surface area (TPSA) is 63.2 Å². The van der Waals surface area contributed by atoms with Gasteiger partial charge in [-0.3, -0.25) is 0 Å². The lowest BCUT2D eigenvalue weighted by Gasteiger charge is -2.32. The van der Waals surface area contributed by atoms with Gasteiger partial charge in [-0.05, 0) is 36.5 Å². The van der Waals surface area contributed by atoms with Crippen molar-refractivity contribution < 1.29 is 14.4 Å². The molecule has 6 heteroatoms. The van der Waals surface area contributed by atoms with E-state index in [0.29, 0.717) is 12.6 Å². The third kappa shape index (κ3) is 5.00. The van der Waals surface area contributed by atoms with Crippen molar-refractivity contribution in [1.82, 2.24) is 10.2 Å². The molecule has 6 nitrogen and oxygen atoms in total. The van der Waals surface area contributed by atoms with E-state index in [0.717, 1.165) is 50.2 Å². The smallest absolute Gasteiger partial charge is 0.409 e. The van der Waals surface area contributed by atoms with Crippen LogP contribution in [0.1, 0.15) is 31.7 Å². The summed E-state index contributed by atoms with van der Waals surface area (Å²) in [6, 6.07) is 19.3. The van der Waals surface area contributed by atoms with Crippen LogP contribution >= 0.6 is 0 Å². The second-order valence-electron chi connectivity index (χ2n) is 7.78. The van der Waals surface area contributed by atoms with Gasteiger partial charge in [0, 0.05) is 32.1 Å². The normalized spacial score (nSPS) is 19.3. The van der Waals surface area contributed by atoms with Crippen LogP contribution in [0.3, 0.4) is 0 Å². The Hall–Kier alpha value is -2.86. The molecule has 4 rings (SSSR count). The Balaban J connectivity index is 1.22. The fourth-order valence-electron chi connectivity index (χ4n) is 3.97. The number of nitrogens with zero attached hydrogens (tertiary/aromatic N) is 2. The molecule has 1 N–H and O–H groups in total. The molecule has 158 valence electrons. The lowest BCUT2D eigenvalue weighted by Crippen LogP contribution is -2.46. The van der Waals surface area contributed by atoms with E-state index in [1.807, 2.05) is 13.0 Å². The quantitative estimate of drug-likeness (QED) is 0.784. The summed E-state index contributed by atoms with van der Waals surface area (Å²) in [6.07, 6.45) is 2.52. The van der Waals surface area contributed by atoms with Gasteiger partial charge in [0.2, 0.25) is 0 Å². The number of carbonyl (C=O) groups is 1. The lowest BCUT2D eigenvalue weighted by atomic mass is 10.00. The minimum Gasteiger partial charge on any atom is -0.450 e. The van der Waals surface area contributed by atoms with E-state index in [9.17, 15) is 4.79 Å². The highest BCUT2D eigenvalue weighted by atomic mass is 16.6. The average Bonchev–Trinajstić information content (AvgIpc) is 3.28. The zero-order valence-corrected chi connectivity index (χ0v) is 17.4. The first-order valence-corrected chi connectivity index (χ1v) is 10.8. The van der Waals surface area contributed by atoms with Crippen LogP contribution in [0.4, 0.5) is 4.79 Å². The lowest BCUT2D eigenvalue weighted by molar-refractivity contribution is 0.0751. The standard InChI is InChI=1S/C24H29N3O3/c1-2-29-24(28)27-14-12-21(13-15-27)25-17-22-16-23(26-30-22)20-10-8-19(9-11-20)18-6-4-3-5-7-18/h3-11,21-22,25H,2,12-17H2,1H3/t22-/m1/s1. The number of piperidine rings is 1. The van der Waals surface area contributed by atoms with Crippen LogP contribution < -0.4 is 5.32 Å². The van der Waals surface area contributed by atoms with Gasteiger partial charge >= 0.3 is 6.09 Å². The molecule has 0 spiro atoms. The highest BCUT2D eigenvalue weighted by molar-refractivity contribution is 6.01. The number of rotatable bonds is 6. The number of ether oxygens (including phenoxy) is 1. The van der Waals surface area contributed by atoms with Crippen LogP contribution in [0.5, 0.6) is 0 Å². The molecule has 1 atom stereocenters. The number of hydrogen-bond donors (Lipinski definition) is 1. The van der Waals surface area contributed by atoms with Crippen molar-refractivity contribution in [3.8, 4) is 11.1 Å². The van der Waals surface area contributed by atoms with Gasteiger partial charge in [-0.15, -0.1) is 0 Å². The first kappa shape index (κ1) is 20.4. The second-order valence-corrected chi connectivity index (χ2v) is 7.78. The second kappa shape index (κ2) is 9.76. The number of amides is 1. The average molecular weight is 408 g/mol. The summed E-state index contributed by atoms with van der Waals surface area (Å²) in [5, 5.41) is 7.90. The summed E-state index contributed by atoms with van der Waals surface area (Å²) >= 11 is 0. The predicted molar refractivity (Wildman–Crippen MR) is 118 cm³/mol. The van der Waals surface area contributed by atoms with E-state index in [2.05, 4.69) is 59.0 Å². The highest BCUT2D eigenvalue weighted by Gasteiger charge is 2.26. The number of oxime groups is 1. The Morgan fingerprint density at radius 1 is 1.07 bits per heavy atom. The Kier molecular flexibility index (Phi) is 6.64. The minimum atomic E-state index is -0.202. The van der Waals surface area contributed by atoms with E-state index in [4.69, 9.17) is 9.57 Å². The molecule has 1 fully saturated rings. The largest absolute Gasteiger partial charge is 0.450 e. The highest BCUT2D eigenvalue weighted by Crippen LogP contribution is 2.22. The minimum absolute atomic E-state index is 0.0527. The van der Waals surface area contributed by atoms with E-state index >= 15 is 0 Å². The maximum Gasteiger partial charge on any atom is 0.409 e. The third-order valence-electron chi connectivity index (χ3n) is 5.71. The summed E-state index contributed by atoms with van der Waals surface area (Å²) in [6.45, 7) is 4.49. The number of hydrogen-bond acceptors (Lipinski definition) is 5. The molecule has 0 bridgehead atoms. The number of carbonyl (C=O) groups excluding carboxylic acids is 1. The fourth-order valence-corrected chi connectivity index (χ4v) is 3.97. The predicted octanol–water partition coefficient (Wildman–Crippen LogP) is 4.06. The van der Waals surface area contributed by atoms with Gasteiger partial charge < -0.3 is 19.8 Å². The summed E-state index contributed by atoms with van der Waals surface area (Å²) < 4.78 is 5.08. The molecule has 2 aromatic carbocycles. The third-order valence-corrected chi connectivity index (χ3v) is 5.71. The Labute approximate surface area is 177 Å². The van der Waals surface area contributed by atoms with Crippen LogP contribution in [-0.2, 0) is 9.57 Å². The number of likely N-dealkylation sites (tertiary alicyclic amines) is 1. The Morgan fingerprint density at radius 3 is 2.43 bits per heavy atom. The van der Waals surface area contributed by atoms with Gasteiger partial charge in [-0.25, -0.2) is 4.79 Å². The van der Waals surface area contributed by atoms with Crippen molar-refractivity contribution in [2.75, 3.05) is 26.2 Å². The van der Waals surface area contributed by atoms with Crippen LogP contribution in [0, 0.1) is 0 Å². The zero-order valence-electron chi connectivity index (χ0n) is 17.4. The van der Waals surface area contributed by atoms with Crippen LogP contribution in [0.2, 0.25) is 0 Å². The molecule has 0 unspecified atom stereocenters. The van der Waals surface area contributed by atoms with E-state index in [1.54, 1.807) is 4.90 Å². The molecule has 2 aliphatic rings. The van der Waals surface area contributed by atoms with Crippen molar-refractivity contribution >= 4 is 11.8 Å². The molecule has 0 radical (unpaired) electrons. The molecule has 2 aromatic rings. The maximum absolute atomic E-state index is 11.8. The molecule has 0 aliphatic carbocycles. The molecular weight excluding hydrogens is 378 g/mol. The van der Waals surface area contributed by atoms with Gasteiger partial charge in [-0.1, -0.05) is 59.8 Å². The van der Waals surface area contributed by atoms with Crippen LogP contribution in [0.15, 0.2) is 59.8 Å². The fraction of sp³-hybridized carbons (Fsp3) is 0.417. The van der Waals surface area contributed by atoms with Gasteiger partial charge in [0.05, 0.1) is 12.3 Å². The summed E-state index contributed by atoms with van der Waals surface area (Å²) in [7, 11) is 0. The first-order valence-electron chi connectivity index (χ1n) is 10.8. The van der Waals surface area contributed by atoms with Crippen molar-refractivity contribution in [1.29, 1.82) is 0 Å². The molecule has 1 saturated heterocycles. The molecule has 0 aromatic heterocycles. The Morgan fingerprint density at radius 2 is 1.73 bits per heavy atom. The van der Waals surface area contributed by atoms with Crippen LogP contribution in [-0.4, -0.2) is 55.1 Å².